The Labute approximate surface area is 175 Å². The summed E-state index contributed by atoms with van der Waals surface area (Å²) < 4.78 is 40.6. The number of hydrogen-bond acceptors (Lipinski definition) is 5. The van der Waals surface area contributed by atoms with Crippen molar-refractivity contribution in [2.24, 2.45) is 0 Å². The van der Waals surface area contributed by atoms with Crippen molar-refractivity contribution in [3.8, 4) is 22.8 Å². The topological polar surface area (TPSA) is 81.9 Å². The number of nitrogens with zero attached hydrogens (tertiary/aromatic N) is 2. The zero-order valence-corrected chi connectivity index (χ0v) is 17.6. The summed E-state index contributed by atoms with van der Waals surface area (Å²) >= 11 is 0. The lowest BCUT2D eigenvalue weighted by Gasteiger charge is -2.13. The minimum atomic E-state index is -3.83. The van der Waals surface area contributed by atoms with Gasteiger partial charge in [0.25, 0.3) is 10.0 Å². The number of anilines is 1. The summed E-state index contributed by atoms with van der Waals surface area (Å²) in [7, 11) is -0.912. The van der Waals surface area contributed by atoms with Crippen molar-refractivity contribution in [2.75, 3.05) is 18.9 Å². The monoisotopic (exact) mass is 423 g/mol. The van der Waals surface area contributed by atoms with Crippen LogP contribution in [0.1, 0.15) is 5.56 Å². The summed E-state index contributed by atoms with van der Waals surface area (Å²) in [6, 6.07) is 15.7. The number of rotatable bonds is 6. The van der Waals surface area contributed by atoms with E-state index >= 15 is 0 Å². The number of aryl methyl sites for hydroxylation is 1. The molecule has 4 rings (SSSR count). The van der Waals surface area contributed by atoms with Crippen molar-refractivity contribution in [3.63, 3.8) is 0 Å². The molecule has 0 unspecified atom stereocenters. The van der Waals surface area contributed by atoms with Gasteiger partial charge in [0.2, 0.25) is 0 Å². The SMILES string of the molecule is COc1ccc(S(=O)(=O)Nc2ccc(-c3cn4ccc(C)cc4n3)cc2)c(OC)c1. The van der Waals surface area contributed by atoms with Crippen LogP contribution in [0, 0.1) is 6.92 Å². The predicted molar refractivity (Wildman–Crippen MR) is 116 cm³/mol. The highest BCUT2D eigenvalue weighted by molar-refractivity contribution is 7.92. The zero-order valence-electron chi connectivity index (χ0n) is 16.8. The highest BCUT2D eigenvalue weighted by atomic mass is 32.2. The van der Waals surface area contributed by atoms with E-state index in [-0.39, 0.29) is 10.6 Å². The summed E-state index contributed by atoms with van der Waals surface area (Å²) in [4.78, 5) is 4.66. The second kappa shape index (κ2) is 7.72. The lowest BCUT2D eigenvalue weighted by atomic mass is 10.1. The van der Waals surface area contributed by atoms with Crippen molar-refractivity contribution in [3.05, 3.63) is 72.6 Å². The molecule has 1 N–H and O–H groups in total. The highest BCUT2D eigenvalue weighted by Gasteiger charge is 2.20. The fourth-order valence-corrected chi connectivity index (χ4v) is 4.35. The van der Waals surface area contributed by atoms with E-state index in [0.717, 1.165) is 22.5 Å². The standard InChI is InChI=1S/C22H21N3O4S/c1-15-10-11-25-14-19(23-22(25)12-15)16-4-6-17(7-5-16)24-30(26,27)21-9-8-18(28-2)13-20(21)29-3/h4-14,24H,1-3H3. The lowest BCUT2D eigenvalue weighted by Crippen LogP contribution is -2.14. The molecule has 0 radical (unpaired) electrons. The Kier molecular flexibility index (Phi) is 5.09. The van der Waals surface area contributed by atoms with Crippen LogP contribution in [0.5, 0.6) is 11.5 Å². The molecule has 2 heterocycles. The average Bonchev–Trinajstić information content (AvgIpc) is 3.16. The van der Waals surface area contributed by atoms with Gasteiger partial charge in [-0.05, 0) is 48.9 Å². The molecule has 7 nitrogen and oxygen atoms in total. The normalized spacial score (nSPS) is 11.4. The molecule has 0 saturated carbocycles. The zero-order chi connectivity index (χ0) is 21.3. The van der Waals surface area contributed by atoms with Crippen LogP contribution in [0.25, 0.3) is 16.9 Å². The van der Waals surface area contributed by atoms with Gasteiger partial charge in [0.05, 0.1) is 19.9 Å². The largest absolute Gasteiger partial charge is 0.497 e. The number of aromatic nitrogens is 2. The number of fused-ring (bicyclic) bond motifs is 1. The van der Waals surface area contributed by atoms with Crippen molar-refractivity contribution in [1.29, 1.82) is 0 Å². The minimum absolute atomic E-state index is 0.0330. The van der Waals surface area contributed by atoms with E-state index in [9.17, 15) is 8.42 Å². The molecule has 0 atom stereocenters. The third-order valence-corrected chi connectivity index (χ3v) is 6.13. The van der Waals surface area contributed by atoms with Crippen LogP contribution < -0.4 is 14.2 Å². The highest BCUT2D eigenvalue weighted by Crippen LogP contribution is 2.30. The van der Waals surface area contributed by atoms with Gasteiger partial charge in [-0.25, -0.2) is 13.4 Å². The Morgan fingerprint density at radius 3 is 2.43 bits per heavy atom. The van der Waals surface area contributed by atoms with E-state index in [4.69, 9.17) is 9.47 Å². The molecule has 0 spiro atoms. The van der Waals surface area contributed by atoms with Crippen LogP contribution in [0.3, 0.4) is 0 Å². The number of nitrogens with one attached hydrogen (secondary N) is 1. The third kappa shape index (κ3) is 3.81. The fraction of sp³-hybridized carbons (Fsp3) is 0.136. The van der Waals surface area contributed by atoms with E-state index in [1.807, 2.05) is 48.0 Å². The predicted octanol–water partition coefficient (Wildman–Crippen LogP) is 4.13. The molecular formula is C22H21N3O4S. The number of hydrogen-bond donors (Lipinski definition) is 1. The van der Waals surface area contributed by atoms with Crippen LogP contribution in [-0.2, 0) is 10.0 Å². The van der Waals surface area contributed by atoms with E-state index in [1.54, 1.807) is 18.2 Å². The first-order chi connectivity index (χ1) is 14.4. The molecule has 0 amide bonds. The van der Waals surface area contributed by atoms with Gasteiger partial charge < -0.3 is 13.9 Å². The summed E-state index contributed by atoms with van der Waals surface area (Å²) in [5.41, 5.74) is 4.14. The first kappa shape index (κ1) is 19.8. The van der Waals surface area contributed by atoms with Crippen molar-refractivity contribution in [1.82, 2.24) is 9.38 Å². The van der Waals surface area contributed by atoms with E-state index in [1.165, 1.54) is 26.4 Å². The molecular weight excluding hydrogens is 402 g/mol. The molecule has 0 aliphatic rings. The number of benzene rings is 2. The van der Waals surface area contributed by atoms with Crippen molar-refractivity contribution >= 4 is 21.4 Å². The number of imidazole rings is 1. The quantitative estimate of drug-likeness (QED) is 0.504. The molecule has 0 aliphatic heterocycles. The average molecular weight is 423 g/mol. The van der Waals surface area contributed by atoms with E-state index in [2.05, 4.69) is 9.71 Å². The molecule has 0 saturated heterocycles. The Bertz CT molecular complexity index is 1310. The van der Waals surface area contributed by atoms with Gasteiger partial charge in [-0.15, -0.1) is 0 Å². The first-order valence-corrected chi connectivity index (χ1v) is 10.7. The number of sulfonamides is 1. The number of pyridine rings is 1. The minimum Gasteiger partial charge on any atom is -0.497 e. The smallest absolute Gasteiger partial charge is 0.265 e. The number of methoxy groups -OCH3 is 2. The maximum absolute atomic E-state index is 12.8. The van der Waals surface area contributed by atoms with Gasteiger partial charge in [0.1, 0.15) is 22.0 Å². The van der Waals surface area contributed by atoms with Gasteiger partial charge in [-0.2, -0.15) is 0 Å². The van der Waals surface area contributed by atoms with Gasteiger partial charge >= 0.3 is 0 Å². The van der Waals surface area contributed by atoms with E-state index in [0.29, 0.717) is 11.4 Å². The second-order valence-corrected chi connectivity index (χ2v) is 8.45. The fourth-order valence-electron chi connectivity index (χ4n) is 3.14. The molecule has 0 aliphatic carbocycles. The Morgan fingerprint density at radius 2 is 1.73 bits per heavy atom. The van der Waals surface area contributed by atoms with Crippen LogP contribution in [0.2, 0.25) is 0 Å². The molecule has 2 aromatic heterocycles. The summed E-state index contributed by atoms with van der Waals surface area (Å²) in [5.74, 6) is 0.719. The maximum atomic E-state index is 12.8. The van der Waals surface area contributed by atoms with Gasteiger partial charge in [0, 0.05) is 29.7 Å². The Hall–Kier alpha value is -3.52. The van der Waals surface area contributed by atoms with Gasteiger partial charge in [0.15, 0.2) is 0 Å². The van der Waals surface area contributed by atoms with Crippen LogP contribution >= 0.6 is 0 Å². The molecule has 0 bridgehead atoms. The molecule has 2 aromatic carbocycles. The van der Waals surface area contributed by atoms with Crippen LogP contribution in [0.4, 0.5) is 5.69 Å². The summed E-state index contributed by atoms with van der Waals surface area (Å²) in [6.45, 7) is 2.02. The lowest BCUT2D eigenvalue weighted by molar-refractivity contribution is 0.386. The first-order valence-electron chi connectivity index (χ1n) is 9.20. The second-order valence-electron chi connectivity index (χ2n) is 6.80. The van der Waals surface area contributed by atoms with Crippen LogP contribution in [-0.4, -0.2) is 32.0 Å². The molecule has 0 fully saturated rings. The molecule has 8 heteroatoms. The summed E-state index contributed by atoms with van der Waals surface area (Å²) in [5, 5.41) is 0. The number of ether oxygens (including phenoxy) is 2. The molecule has 4 aromatic rings. The third-order valence-electron chi connectivity index (χ3n) is 4.71. The Balaban J connectivity index is 1.59. The van der Waals surface area contributed by atoms with Crippen LogP contribution in [0.15, 0.2) is 71.9 Å². The van der Waals surface area contributed by atoms with Crippen molar-refractivity contribution < 1.29 is 17.9 Å². The maximum Gasteiger partial charge on any atom is 0.265 e. The molecule has 30 heavy (non-hydrogen) atoms. The van der Waals surface area contributed by atoms with Gasteiger partial charge in [-0.3, -0.25) is 4.72 Å². The molecule has 154 valence electrons. The van der Waals surface area contributed by atoms with Crippen molar-refractivity contribution in [2.45, 2.75) is 11.8 Å². The van der Waals surface area contributed by atoms with E-state index < -0.39 is 10.0 Å². The summed E-state index contributed by atoms with van der Waals surface area (Å²) in [6.07, 6.45) is 3.90. The van der Waals surface area contributed by atoms with Gasteiger partial charge in [-0.1, -0.05) is 12.1 Å². The Morgan fingerprint density at radius 1 is 0.967 bits per heavy atom.